The number of aryl methyl sites for hydroxylation is 2. The quantitative estimate of drug-likeness (QED) is 0.528. The average Bonchev–Trinajstić information content (AvgIpc) is 3.11. The number of alkyl halides is 1. The lowest BCUT2D eigenvalue weighted by molar-refractivity contribution is -0.0227. The molecule has 5 rings (SSSR count). The molecule has 0 aliphatic carbocycles. The first-order valence-electron chi connectivity index (χ1n) is 9.73. The number of halogens is 1. The highest BCUT2D eigenvalue weighted by atomic mass is 32.1. The molecular weight excluding hydrogens is 415 g/mol. The third-order valence-electron chi connectivity index (χ3n) is 5.77. The number of amides is 1. The summed E-state index contributed by atoms with van der Waals surface area (Å²) >= 11 is 1.20. The monoisotopic (exact) mass is 434 g/mol. The second-order valence-corrected chi connectivity index (χ2v) is 8.77. The zero-order valence-corrected chi connectivity index (χ0v) is 17.8. The van der Waals surface area contributed by atoms with Crippen LogP contribution < -0.4 is 5.73 Å². The molecule has 0 spiro atoms. The fourth-order valence-corrected chi connectivity index (χ4v) is 4.92. The maximum absolute atomic E-state index is 15.6. The first kappa shape index (κ1) is 19.5. The van der Waals surface area contributed by atoms with E-state index in [9.17, 15) is 4.79 Å². The highest BCUT2D eigenvalue weighted by Crippen LogP contribution is 2.41. The van der Waals surface area contributed by atoms with Crippen LogP contribution in [-0.2, 0) is 5.67 Å². The highest BCUT2D eigenvalue weighted by Gasteiger charge is 2.48. The second kappa shape index (κ2) is 7.05. The van der Waals surface area contributed by atoms with Crippen LogP contribution in [0.25, 0.3) is 21.3 Å². The SMILES string of the molecule is Cc1nnc2sc(C(=O)N3CC(F)(c4cccc(-c5cncnc5)c4)C3)c(N)c2c1C. The molecule has 1 amide bonds. The maximum atomic E-state index is 15.6. The number of likely N-dealkylation sites (tertiary alicyclic amines) is 1. The molecule has 31 heavy (non-hydrogen) atoms. The van der Waals surface area contributed by atoms with Crippen molar-refractivity contribution in [3.63, 3.8) is 0 Å². The summed E-state index contributed by atoms with van der Waals surface area (Å²) in [6.07, 6.45) is 4.82. The summed E-state index contributed by atoms with van der Waals surface area (Å²) in [4.78, 5) is 23.6. The van der Waals surface area contributed by atoms with Gasteiger partial charge in [-0.3, -0.25) is 4.79 Å². The molecule has 4 aromatic rings. The summed E-state index contributed by atoms with van der Waals surface area (Å²) in [5.41, 5.74) is 8.90. The molecule has 4 heterocycles. The van der Waals surface area contributed by atoms with Crippen molar-refractivity contribution < 1.29 is 9.18 Å². The van der Waals surface area contributed by atoms with Crippen molar-refractivity contribution in [2.75, 3.05) is 18.8 Å². The number of carbonyl (C=O) groups excluding carboxylic acids is 1. The zero-order valence-electron chi connectivity index (χ0n) is 17.0. The van der Waals surface area contributed by atoms with E-state index in [-0.39, 0.29) is 19.0 Å². The van der Waals surface area contributed by atoms with E-state index in [1.807, 2.05) is 19.9 Å². The van der Waals surface area contributed by atoms with Crippen molar-refractivity contribution in [1.29, 1.82) is 0 Å². The van der Waals surface area contributed by atoms with E-state index in [0.717, 1.165) is 27.8 Å². The molecule has 1 saturated heterocycles. The molecule has 0 bridgehead atoms. The summed E-state index contributed by atoms with van der Waals surface area (Å²) in [6, 6.07) is 7.22. The number of fused-ring (bicyclic) bond motifs is 1. The molecule has 0 atom stereocenters. The van der Waals surface area contributed by atoms with Gasteiger partial charge in [0.2, 0.25) is 0 Å². The molecular formula is C22H19FN6OS. The molecule has 1 aromatic carbocycles. The Labute approximate surface area is 181 Å². The first-order valence-corrected chi connectivity index (χ1v) is 10.5. The molecule has 9 heteroatoms. The van der Waals surface area contributed by atoms with Crippen molar-refractivity contribution in [2.24, 2.45) is 0 Å². The molecule has 1 aliphatic rings. The Hall–Kier alpha value is -3.46. The van der Waals surface area contributed by atoms with Crippen molar-refractivity contribution in [1.82, 2.24) is 25.1 Å². The third-order valence-corrected chi connectivity index (χ3v) is 6.85. The van der Waals surface area contributed by atoms with Gasteiger partial charge in [0.25, 0.3) is 5.91 Å². The van der Waals surface area contributed by atoms with Gasteiger partial charge in [-0.15, -0.1) is 16.4 Å². The number of nitrogens with zero attached hydrogens (tertiary/aromatic N) is 5. The van der Waals surface area contributed by atoms with E-state index < -0.39 is 5.67 Å². The van der Waals surface area contributed by atoms with Crippen LogP contribution in [0.5, 0.6) is 0 Å². The Morgan fingerprint density at radius 2 is 1.90 bits per heavy atom. The van der Waals surface area contributed by atoms with E-state index in [1.54, 1.807) is 30.6 Å². The first-order chi connectivity index (χ1) is 14.9. The number of hydrogen-bond acceptors (Lipinski definition) is 7. The summed E-state index contributed by atoms with van der Waals surface area (Å²) in [5.74, 6) is -0.279. The number of anilines is 1. The lowest BCUT2D eigenvalue weighted by Gasteiger charge is -2.44. The maximum Gasteiger partial charge on any atom is 0.266 e. The number of aromatic nitrogens is 4. The molecule has 0 saturated carbocycles. The molecule has 156 valence electrons. The Balaban J connectivity index is 1.39. The van der Waals surface area contributed by atoms with Gasteiger partial charge in [0, 0.05) is 23.3 Å². The van der Waals surface area contributed by atoms with Crippen LogP contribution in [0.2, 0.25) is 0 Å². The summed E-state index contributed by atoms with van der Waals surface area (Å²) < 4.78 is 15.6. The van der Waals surface area contributed by atoms with Crippen molar-refractivity contribution >= 4 is 33.1 Å². The topological polar surface area (TPSA) is 97.9 Å². The van der Waals surface area contributed by atoms with E-state index in [4.69, 9.17) is 5.73 Å². The van der Waals surface area contributed by atoms with Gasteiger partial charge in [-0.25, -0.2) is 14.4 Å². The molecule has 1 fully saturated rings. The van der Waals surface area contributed by atoms with Gasteiger partial charge in [0.1, 0.15) is 16.0 Å². The van der Waals surface area contributed by atoms with Crippen LogP contribution in [0.3, 0.4) is 0 Å². The van der Waals surface area contributed by atoms with Gasteiger partial charge >= 0.3 is 0 Å². The van der Waals surface area contributed by atoms with E-state index >= 15 is 4.39 Å². The minimum atomic E-state index is -1.61. The highest BCUT2D eigenvalue weighted by molar-refractivity contribution is 7.21. The van der Waals surface area contributed by atoms with Crippen LogP contribution >= 0.6 is 11.3 Å². The van der Waals surface area contributed by atoms with Crippen molar-refractivity contribution in [2.45, 2.75) is 19.5 Å². The Bertz CT molecular complexity index is 1320. The van der Waals surface area contributed by atoms with Crippen LogP contribution in [0.1, 0.15) is 26.5 Å². The number of nitrogens with two attached hydrogens (primary N) is 1. The Morgan fingerprint density at radius 1 is 1.16 bits per heavy atom. The van der Waals surface area contributed by atoms with Gasteiger partial charge < -0.3 is 10.6 Å². The second-order valence-electron chi connectivity index (χ2n) is 7.77. The minimum absolute atomic E-state index is 0.0298. The lowest BCUT2D eigenvalue weighted by Crippen LogP contribution is -2.58. The fourth-order valence-electron chi connectivity index (χ4n) is 3.85. The predicted molar refractivity (Wildman–Crippen MR) is 117 cm³/mol. The van der Waals surface area contributed by atoms with Gasteiger partial charge in [0.15, 0.2) is 5.67 Å². The number of thiophene rings is 1. The van der Waals surface area contributed by atoms with Crippen molar-refractivity contribution in [3.8, 4) is 11.1 Å². The smallest absolute Gasteiger partial charge is 0.266 e. The third kappa shape index (κ3) is 3.12. The van der Waals surface area contributed by atoms with Crippen molar-refractivity contribution in [3.05, 3.63) is 64.7 Å². The summed E-state index contributed by atoms with van der Waals surface area (Å²) in [6.45, 7) is 3.70. The van der Waals surface area contributed by atoms with Crippen LogP contribution in [0, 0.1) is 13.8 Å². The van der Waals surface area contributed by atoms with E-state index in [1.165, 1.54) is 22.6 Å². The van der Waals surface area contributed by atoms with Crippen LogP contribution in [0.4, 0.5) is 10.1 Å². The van der Waals surface area contributed by atoms with Gasteiger partial charge in [-0.05, 0) is 36.6 Å². The summed E-state index contributed by atoms with van der Waals surface area (Å²) in [7, 11) is 0. The number of hydrogen-bond donors (Lipinski definition) is 1. The standard InChI is InChI=1S/C22H19FN6OS/c1-12-13(2)27-28-20-17(12)18(24)19(31-20)21(30)29-9-22(23,10-29)16-5-3-4-14(6-16)15-7-25-11-26-8-15/h3-8,11H,9-10,24H2,1-2H3. The fraction of sp³-hybridized carbons (Fsp3) is 0.227. The van der Waals surface area contributed by atoms with E-state index in [2.05, 4.69) is 20.2 Å². The molecule has 2 N–H and O–H groups in total. The number of carbonyl (C=O) groups is 1. The van der Waals surface area contributed by atoms with Crippen LogP contribution in [0.15, 0.2) is 43.0 Å². The normalized spacial score (nSPS) is 15.1. The van der Waals surface area contributed by atoms with E-state index in [0.29, 0.717) is 21.0 Å². The van der Waals surface area contributed by atoms with Gasteiger partial charge in [0.05, 0.1) is 24.5 Å². The number of benzene rings is 1. The number of nitrogen functional groups attached to an aromatic ring is 1. The largest absolute Gasteiger partial charge is 0.397 e. The van der Waals surface area contributed by atoms with Crippen LogP contribution in [-0.4, -0.2) is 44.1 Å². The molecule has 0 unspecified atom stereocenters. The van der Waals surface area contributed by atoms with Gasteiger partial charge in [-0.1, -0.05) is 18.2 Å². The molecule has 0 radical (unpaired) electrons. The Kier molecular flexibility index (Phi) is 4.44. The Morgan fingerprint density at radius 3 is 2.65 bits per heavy atom. The predicted octanol–water partition coefficient (Wildman–Crippen LogP) is 3.67. The minimum Gasteiger partial charge on any atom is -0.397 e. The zero-order chi connectivity index (χ0) is 21.8. The molecule has 7 nitrogen and oxygen atoms in total. The summed E-state index contributed by atoms with van der Waals surface area (Å²) in [5, 5.41) is 9.02. The van der Waals surface area contributed by atoms with Gasteiger partial charge in [-0.2, -0.15) is 5.10 Å². The average molecular weight is 435 g/mol. The molecule has 1 aliphatic heterocycles. The number of rotatable bonds is 3. The molecule has 3 aromatic heterocycles. The lowest BCUT2D eigenvalue weighted by atomic mass is 9.86.